The lowest BCUT2D eigenvalue weighted by Gasteiger charge is -2.31. The van der Waals surface area contributed by atoms with Gasteiger partial charge in [-0.15, -0.1) is 0 Å². The number of carbonyl (C=O) groups excluding carboxylic acids is 1. The predicted octanol–water partition coefficient (Wildman–Crippen LogP) is 3.35. The summed E-state index contributed by atoms with van der Waals surface area (Å²) in [6.45, 7) is 2.17. The number of aliphatic hydroxyl groups is 1. The number of nitrogens with one attached hydrogen (secondary N) is 2. The Hall–Kier alpha value is -1.54. The van der Waals surface area contributed by atoms with E-state index in [9.17, 15) is 9.90 Å². The first-order valence-electron chi connectivity index (χ1n) is 10.3. The Kier molecular flexibility index (Phi) is 11.8. The zero-order valence-electron chi connectivity index (χ0n) is 16.3. The van der Waals surface area contributed by atoms with Crippen LogP contribution in [0, 0.1) is 29.2 Å². The Balaban J connectivity index is 2.65. The van der Waals surface area contributed by atoms with Gasteiger partial charge in [-0.2, -0.15) is 0 Å². The standard InChI is InChI=1S/C21H37N3O2/c1-2-3-4-8-13-20(25)19(15-17-10-6-5-7-11-17)24-21(26)18(16-23)12-9-14-22/h16-20,23,25H,2-8,10-13,15,22H2,1H3,(H,24,26)/t18-,19+,20+/m1/s1. The molecule has 5 N–H and O–H groups in total. The van der Waals surface area contributed by atoms with E-state index in [0.29, 0.717) is 5.92 Å². The van der Waals surface area contributed by atoms with Gasteiger partial charge in [0.15, 0.2) is 0 Å². The molecule has 1 fully saturated rings. The molecule has 0 aromatic heterocycles. The highest BCUT2D eigenvalue weighted by atomic mass is 16.3. The summed E-state index contributed by atoms with van der Waals surface area (Å²) in [4.78, 5) is 12.5. The van der Waals surface area contributed by atoms with E-state index in [4.69, 9.17) is 11.1 Å². The van der Waals surface area contributed by atoms with Crippen LogP contribution in [0.1, 0.15) is 84.0 Å². The van der Waals surface area contributed by atoms with Crippen molar-refractivity contribution in [2.24, 2.45) is 17.6 Å². The molecule has 26 heavy (non-hydrogen) atoms. The first kappa shape index (κ1) is 22.5. The number of nitrogens with two attached hydrogens (primary N) is 1. The normalized spacial score (nSPS) is 18.2. The van der Waals surface area contributed by atoms with Gasteiger partial charge < -0.3 is 21.6 Å². The van der Waals surface area contributed by atoms with Crippen molar-refractivity contribution >= 4 is 12.1 Å². The van der Waals surface area contributed by atoms with E-state index in [1.165, 1.54) is 44.9 Å². The third kappa shape index (κ3) is 8.71. The van der Waals surface area contributed by atoms with Crippen LogP contribution in [0.5, 0.6) is 0 Å². The average molecular weight is 364 g/mol. The molecular formula is C21H37N3O2. The quantitative estimate of drug-likeness (QED) is 0.185. The number of rotatable bonds is 12. The number of hydrogen-bond acceptors (Lipinski definition) is 4. The smallest absolute Gasteiger partial charge is 0.229 e. The molecule has 5 nitrogen and oxygen atoms in total. The van der Waals surface area contributed by atoms with Crippen molar-refractivity contribution in [1.29, 1.82) is 5.41 Å². The number of aliphatic hydroxyl groups excluding tert-OH is 1. The molecule has 1 amide bonds. The molecule has 5 heteroatoms. The monoisotopic (exact) mass is 363 g/mol. The molecule has 0 heterocycles. The fourth-order valence-corrected chi connectivity index (χ4v) is 3.76. The number of unbranched alkanes of at least 4 members (excludes halogenated alkanes) is 3. The maximum Gasteiger partial charge on any atom is 0.229 e. The van der Waals surface area contributed by atoms with Crippen LogP contribution in [0.3, 0.4) is 0 Å². The van der Waals surface area contributed by atoms with Gasteiger partial charge >= 0.3 is 0 Å². The summed E-state index contributed by atoms with van der Waals surface area (Å²) in [5.74, 6) is 2.41. The zero-order chi connectivity index (χ0) is 19.2. The van der Waals surface area contributed by atoms with Crippen LogP contribution in [0.2, 0.25) is 0 Å². The van der Waals surface area contributed by atoms with E-state index >= 15 is 0 Å². The summed E-state index contributed by atoms with van der Waals surface area (Å²) >= 11 is 0. The molecule has 0 spiro atoms. The third-order valence-electron chi connectivity index (χ3n) is 5.42. The van der Waals surface area contributed by atoms with Gasteiger partial charge in [-0.05, 0) is 18.8 Å². The summed E-state index contributed by atoms with van der Waals surface area (Å²) in [6.07, 6.45) is 13.0. The second kappa shape index (κ2) is 13.6. The number of carbonyl (C=O) groups is 1. The highest BCUT2D eigenvalue weighted by Gasteiger charge is 2.27. The molecule has 0 saturated heterocycles. The number of hydrogen-bond donors (Lipinski definition) is 4. The molecule has 0 aliphatic heterocycles. The minimum Gasteiger partial charge on any atom is -0.391 e. The summed E-state index contributed by atoms with van der Waals surface area (Å²) in [5, 5.41) is 21.2. The molecule has 0 unspecified atom stereocenters. The Morgan fingerprint density at radius 3 is 2.65 bits per heavy atom. The Morgan fingerprint density at radius 2 is 2.04 bits per heavy atom. The summed E-state index contributed by atoms with van der Waals surface area (Å²) in [7, 11) is 0. The zero-order valence-corrected chi connectivity index (χ0v) is 16.3. The summed E-state index contributed by atoms with van der Waals surface area (Å²) < 4.78 is 0. The maximum absolute atomic E-state index is 12.5. The molecule has 0 radical (unpaired) electrons. The summed E-state index contributed by atoms with van der Waals surface area (Å²) in [5.41, 5.74) is 5.18. The van der Waals surface area contributed by atoms with Gasteiger partial charge in [0.05, 0.1) is 18.1 Å². The number of amides is 1. The second-order valence-electron chi connectivity index (χ2n) is 7.57. The fraction of sp³-hybridized carbons (Fsp3) is 0.810. The lowest BCUT2D eigenvalue weighted by Crippen LogP contribution is -2.47. The Morgan fingerprint density at radius 1 is 1.31 bits per heavy atom. The lowest BCUT2D eigenvalue weighted by molar-refractivity contribution is -0.124. The van der Waals surface area contributed by atoms with Gasteiger partial charge in [0.25, 0.3) is 0 Å². The van der Waals surface area contributed by atoms with Gasteiger partial charge in [-0.3, -0.25) is 4.79 Å². The second-order valence-corrected chi connectivity index (χ2v) is 7.57. The molecule has 148 valence electrons. The van der Waals surface area contributed by atoms with Gasteiger partial charge in [-0.1, -0.05) is 70.6 Å². The SMILES string of the molecule is CCCCCC[C@H](O)[C@H](CC1CCCCC1)NC(=O)[C@@H](C=N)CC#CN. The molecule has 1 aliphatic carbocycles. The Bertz CT molecular complexity index is 464. The van der Waals surface area contributed by atoms with Crippen LogP contribution in [-0.2, 0) is 4.79 Å². The lowest BCUT2D eigenvalue weighted by atomic mass is 9.83. The molecule has 1 saturated carbocycles. The highest BCUT2D eigenvalue weighted by Crippen LogP contribution is 2.28. The fourth-order valence-electron chi connectivity index (χ4n) is 3.76. The van der Waals surface area contributed by atoms with Gasteiger partial charge in [0.1, 0.15) is 0 Å². The van der Waals surface area contributed by atoms with Crippen molar-refractivity contribution in [3.63, 3.8) is 0 Å². The molecule has 1 aliphatic rings. The first-order chi connectivity index (χ1) is 12.6. The van der Waals surface area contributed by atoms with Gasteiger partial charge in [0, 0.05) is 18.7 Å². The van der Waals surface area contributed by atoms with E-state index in [0.717, 1.165) is 31.9 Å². The molecule has 0 bridgehead atoms. The average Bonchev–Trinajstić information content (AvgIpc) is 2.66. The minimum atomic E-state index is -0.604. The van der Waals surface area contributed by atoms with Crippen LogP contribution in [-0.4, -0.2) is 29.4 Å². The van der Waals surface area contributed by atoms with Crippen LogP contribution in [0.25, 0.3) is 0 Å². The third-order valence-corrected chi connectivity index (χ3v) is 5.42. The summed E-state index contributed by atoms with van der Waals surface area (Å²) in [6, 6.07) is 2.05. The van der Waals surface area contributed by atoms with E-state index in [-0.39, 0.29) is 18.4 Å². The predicted molar refractivity (Wildman–Crippen MR) is 107 cm³/mol. The molecule has 0 aromatic rings. The van der Waals surface area contributed by atoms with E-state index in [2.05, 4.69) is 24.2 Å². The van der Waals surface area contributed by atoms with Crippen LogP contribution in [0.15, 0.2) is 0 Å². The highest BCUT2D eigenvalue weighted by molar-refractivity contribution is 5.92. The molecule has 3 atom stereocenters. The van der Waals surface area contributed by atoms with E-state index < -0.39 is 12.0 Å². The van der Waals surface area contributed by atoms with E-state index in [1.807, 2.05) is 0 Å². The largest absolute Gasteiger partial charge is 0.391 e. The van der Waals surface area contributed by atoms with Gasteiger partial charge in [0.2, 0.25) is 5.91 Å². The molecule has 0 aromatic carbocycles. The van der Waals surface area contributed by atoms with Crippen molar-refractivity contribution in [1.82, 2.24) is 5.32 Å². The minimum absolute atomic E-state index is 0.226. The Labute approximate surface area is 159 Å². The molecular weight excluding hydrogens is 326 g/mol. The first-order valence-corrected chi connectivity index (χ1v) is 10.3. The van der Waals surface area contributed by atoms with Crippen molar-refractivity contribution in [3.8, 4) is 12.0 Å². The van der Waals surface area contributed by atoms with Crippen molar-refractivity contribution < 1.29 is 9.90 Å². The maximum atomic E-state index is 12.5. The molecule has 1 rings (SSSR count). The van der Waals surface area contributed by atoms with Crippen molar-refractivity contribution in [2.45, 2.75) is 96.1 Å². The van der Waals surface area contributed by atoms with Gasteiger partial charge in [-0.25, -0.2) is 0 Å². The van der Waals surface area contributed by atoms with Crippen molar-refractivity contribution in [2.75, 3.05) is 0 Å². The van der Waals surface area contributed by atoms with Crippen LogP contribution >= 0.6 is 0 Å². The van der Waals surface area contributed by atoms with Crippen LogP contribution < -0.4 is 11.1 Å². The van der Waals surface area contributed by atoms with Crippen molar-refractivity contribution in [3.05, 3.63) is 0 Å². The van der Waals surface area contributed by atoms with E-state index in [1.54, 1.807) is 0 Å². The topological polar surface area (TPSA) is 99.2 Å². The van der Waals surface area contributed by atoms with Crippen LogP contribution in [0.4, 0.5) is 0 Å².